The molecular weight excluding hydrogens is 298 g/mol. The van der Waals surface area contributed by atoms with E-state index in [1.807, 2.05) is 0 Å². The molecule has 0 saturated carbocycles. The minimum atomic E-state index is -1.14. The molecule has 2 N–H and O–H groups in total. The van der Waals surface area contributed by atoms with Gasteiger partial charge in [0.05, 0.1) is 12.2 Å². The van der Waals surface area contributed by atoms with Crippen molar-refractivity contribution in [2.24, 2.45) is 0 Å². The molecule has 21 heavy (non-hydrogen) atoms. The third-order valence-electron chi connectivity index (χ3n) is 2.81. The molecule has 1 aromatic heterocycles. The third kappa shape index (κ3) is 2.60. The highest BCUT2D eigenvalue weighted by Gasteiger charge is 2.33. The SMILES string of the molecule is O=C(O)C1CN(C(=O)Nc2nnns2)c2ccccc2O1. The zero-order valence-corrected chi connectivity index (χ0v) is 11.3. The second-order valence-corrected chi connectivity index (χ2v) is 4.85. The van der Waals surface area contributed by atoms with Crippen LogP contribution >= 0.6 is 11.5 Å². The number of anilines is 2. The summed E-state index contributed by atoms with van der Waals surface area (Å²) in [5.74, 6) is -0.804. The lowest BCUT2D eigenvalue weighted by molar-refractivity contribution is -0.144. The van der Waals surface area contributed by atoms with Gasteiger partial charge in [-0.25, -0.2) is 9.59 Å². The molecule has 0 fully saturated rings. The topological polar surface area (TPSA) is 118 Å². The lowest BCUT2D eigenvalue weighted by Gasteiger charge is -2.32. The summed E-state index contributed by atoms with van der Waals surface area (Å²) in [7, 11) is 0. The van der Waals surface area contributed by atoms with E-state index < -0.39 is 18.1 Å². The molecular formula is C11H9N5O4S. The number of rotatable bonds is 2. The maximum atomic E-state index is 12.3. The van der Waals surface area contributed by atoms with Crippen LogP contribution in [0.2, 0.25) is 0 Å². The van der Waals surface area contributed by atoms with Gasteiger partial charge in [0.1, 0.15) is 5.75 Å². The van der Waals surface area contributed by atoms with Gasteiger partial charge in [-0.1, -0.05) is 21.7 Å². The molecule has 2 amide bonds. The fourth-order valence-corrected chi connectivity index (χ4v) is 2.25. The Kier molecular flexibility index (Phi) is 3.36. The van der Waals surface area contributed by atoms with E-state index in [9.17, 15) is 9.59 Å². The number of carbonyl (C=O) groups is 2. The Morgan fingerprint density at radius 3 is 2.95 bits per heavy atom. The molecule has 0 spiro atoms. The van der Waals surface area contributed by atoms with Crippen LogP contribution in [0.4, 0.5) is 15.6 Å². The average Bonchev–Trinajstić information content (AvgIpc) is 2.98. The molecule has 0 bridgehead atoms. The maximum absolute atomic E-state index is 12.3. The van der Waals surface area contributed by atoms with E-state index in [0.717, 1.165) is 11.5 Å². The summed E-state index contributed by atoms with van der Waals surface area (Å²) in [4.78, 5) is 24.7. The van der Waals surface area contributed by atoms with Gasteiger partial charge in [-0.15, -0.1) is 0 Å². The van der Waals surface area contributed by atoms with E-state index in [4.69, 9.17) is 9.84 Å². The van der Waals surface area contributed by atoms with Crippen molar-refractivity contribution >= 4 is 34.4 Å². The van der Waals surface area contributed by atoms with Gasteiger partial charge in [-0.3, -0.25) is 10.2 Å². The first-order chi connectivity index (χ1) is 10.1. The summed E-state index contributed by atoms with van der Waals surface area (Å²) in [6.07, 6.45) is -1.13. The number of carboxylic acid groups (broad SMARTS) is 1. The highest BCUT2D eigenvalue weighted by atomic mass is 32.1. The molecule has 0 saturated heterocycles. The van der Waals surface area contributed by atoms with Gasteiger partial charge in [-0.05, 0) is 17.3 Å². The van der Waals surface area contributed by atoms with Crippen LogP contribution in [0, 0.1) is 0 Å². The van der Waals surface area contributed by atoms with Crippen LogP contribution in [-0.4, -0.2) is 44.6 Å². The molecule has 2 aromatic rings. The van der Waals surface area contributed by atoms with Crippen LogP contribution in [0.3, 0.4) is 0 Å². The summed E-state index contributed by atoms with van der Waals surface area (Å²) in [6, 6.07) is 6.20. The van der Waals surface area contributed by atoms with Gasteiger partial charge < -0.3 is 9.84 Å². The normalized spacial score (nSPS) is 16.8. The predicted molar refractivity (Wildman–Crippen MR) is 72.6 cm³/mol. The summed E-state index contributed by atoms with van der Waals surface area (Å²) in [5, 5.41) is 18.8. The number of nitrogens with one attached hydrogen (secondary N) is 1. The van der Waals surface area contributed by atoms with Crippen molar-refractivity contribution in [2.45, 2.75) is 6.10 Å². The van der Waals surface area contributed by atoms with Crippen LogP contribution < -0.4 is 15.0 Å². The van der Waals surface area contributed by atoms with E-state index >= 15 is 0 Å². The third-order valence-corrected chi connectivity index (χ3v) is 3.32. The fraction of sp³-hybridized carbons (Fsp3) is 0.182. The number of aliphatic carboxylic acids is 1. The molecule has 1 aliphatic rings. The zero-order chi connectivity index (χ0) is 14.8. The lowest BCUT2D eigenvalue weighted by atomic mass is 10.2. The van der Waals surface area contributed by atoms with Crippen molar-refractivity contribution < 1.29 is 19.4 Å². The van der Waals surface area contributed by atoms with Gasteiger partial charge >= 0.3 is 12.0 Å². The molecule has 108 valence electrons. The zero-order valence-electron chi connectivity index (χ0n) is 10.5. The smallest absolute Gasteiger partial charge is 0.346 e. The number of aromatic nitrogens is 3. The van der Waals surface area contributed by atoms with Crippen molar-refractivity contribution in [3.63, 3.8) is 0 Å². The minimum Gasteiger partial charge on any atom is -0.478 e. The largest absolute Gasteiger partial charge is 0.478 e. The Hall–Kier alpha value is -2.75. The van der Waals surface area contributed by atoms with Gasteiger partial charge in [0.2, 0.25) is 11.2 Å². The Morgan fingerprint density at radius 1 is 1.43 bits per heavy atom. The standard InChI is InChI=1S/C11H9N5O4S/c17-9(18)8-5-16(6-3-1-2-4-7(6)20-8)11(19)12-10-13-14-15-21-10/h1-4,8H,5H2,(H,17,18)(H,12,13,15,19). The van der Waals surface area contributed by atoms with E-state index in [2.05, 4.69) is 20.1 Å². The van der Waals surface area contributed by atoms with Crippen LogP contribution in [0.5, 0.6) is 5.75 Å². The van der Waals surface area contributed by atoms with Crippen molar-refractivity contribution in [3.05, 3.63) is 24.3 Å². The van der Waals surface area contributed by atoms with Gasteiger partial charge in [0, 0.05) is 11.5 Å². The Balaban J connectivity index is 1.89. The first-order valence-electron chi connectivity index (χ1n) is 5.87. The molecule has 1 unspecified atom stereocenters. The number of ether oxygens (including phenoxy) is 1. The second-order valence-electron chi connectivity index (χ2n) is 4.12. The molecule has 1 atom stereocenters. The van der Waals surface area contributed by atoms with Crippen LogP contribution in [0.15, 0.2) is 24.3 Å². The number of carboxylic acids is 1. The molecule has 1 aliphatic heterocycles. The Labute approximate surface area is 122 Å². The number of fused-ring (bicyclic) bond motifs is 1. The summed E-state index contributed by atoms with van der Waals surface area (Å²) >= 11 is 0.925. The van der Waals surface area contributed by atoms with Crippen molar-refractivity contribution in [1.29, 1.82) is 0 Å². The maximum Gasteiger partial charge on any atom is 0.346 e. The number of carbonyl (C=O) groups excluding carboxylic acids is 1. The first-order valence-corrected chi connectivity index (χ1v) is 6.64. The van der Waals surface area contributed by atoms with Gasteiger partial charge in [-0.2, -0.15) is 0 Å². The highest BCUT2D eigenvalue weighted by Crippen LogP contribution is 2.33. The number of benzene rings is 1. The number of hydrogen-bond acceptors (Lipinski definition) is 7. The molecule has 0 aliphatic carbocycles. The number of hydrogen-bond donors (Lipinski definition) is 2. The average molecular weight is 307 g/mol. The number of urea groups is 1. The fourth-order valence-electron chi connectivity index (χ4n) is 1.90. The van der Waals surface area contributed by atoms with E-state index in [-0.39, 0.29) is 11.7 Å². The molecule has 1 aromatic carbocycles. The summed E-state index contributed by atoms with van der Waals surface area (Å²) < 4.78 is 8.89. The second kappa shape index (κ2) is 5.32. The Morgan fingerprint density at radius 2 is 2.24 bits per heavy atom. The quantitative estimate of drug-likeness (QED) is 0.843. The molecule has 9 nitrogen and oxygen atoms in total. The summed E-state index contributed by atoms with van der Waals surface area (Å²) in [5.41, 5.74) is 0.491. The highest BCUT2D eigenvalue weighted by molar-refractivity contribution is 7.09. The first kappa shape index (κ1) is 13.2. The minimum absolute atomic E-state index is 0.107. The van der Waals surface area contributed by atoms with Crippen molar-refractivity contribution in [3.8, 4) is 5.75 Å². The number of nitrogens with zero attached hydrogens (tertiary/aromatic N) is 4. The van der Waals surface area contributed by atoms with Crippen LogP contribution in [0.1, 0.15) is 0 Å². The van der Waals surface area contributed by atoms with E-state index in [0.29, 0.717) is 11.4 Å². The van der Waals surface area contributed by atoms with Crippen molar-refractivity contribution in [1.82, 2.24) is 14.8 Å². The predicted octanol–water partition coefficient (Wildman–Crippen LogP) is 0.817. The van der Waals surface area contributed by atoms with E-state index in [1.165, 1.54) is 4.90 Å². The monoisotopic (exact) mass is 307 g/mol. The Bertz CT molecular complexity index is 677. The lowest BCUT2D eigenvalue weighted by Crippen LogP contribution is -2.48. The van der Waals surface area contributed by atoms with Gasteiger partial charge in [0.15, 0.2) is 0 Å². The van der Waals surface area contributed by atoms with E-state index in [1.54, 1.807) is 24.3 Å². The molecule has 10 heteroatoms. The summed E-state index contributed by atoms with van der Waals surface area (Å²) in [6.45, 7) is -0.107. The van der Waals surface area contributed by atoms with Gasteiger partial charge in [0.25, 0.3) is 0 Å². The number of para-hydroxylation sites is 2. The number of amides is 2. The van der Waals surface area contributed by atoms with Crippen molar-refractivity contribution in [2.75, 3.05) is 16.8 Å². The molecule has 3 rings (SSSR count). The van der Waals surface area contributed by atoms with Crippen LogP contribution in [0.25, 0.3) is 0 Å². The molecule has 2 heterocycles. The molecule has 0 radical (unpaired) electrons. The van der Waals surface area contributed by atoms with Crippen LogP contribution in [-0.2, 0) is 4.79 Å².